The lowest BCUT2D eigenvalue weighted by molar-refractivity contribution is -0.158. The van der Waals surface area contributed by atoms with Crippen molar-refractivity contribution in [2.75, 3.05) is 0 Å². The van der Waals surface area contributed by atoms with Gasteiger partial charge in [0.05, 0.1) is 6.54 Å². The van der Waals surface area contributed by atoms with E-state index in [1.807, 2.05) is 0 Å². The molecule has 1 N–H and O–H groups in total. The molecule has 0 radical (unpaired) electrons. The summed E-state index contributed by atoms with van der Waals surface area (Å²) < 4.78 is 0. The second-order valence-corrected chi connectivity index (χ2v) is 4.95. The number of hydrogen-bond donors (Lipinski definition) is 1. The van der Waals surface area contributed by atoms with Gasteiger partial charge in [-0.1, -0.05) is 12.5 Å². The minimum Gasteiger partial charge on any atom is -0.277 e. The molecule has 2 aliphatic rings. The monoisotopic (exact) mass is 259 g/mol. The first-order valence-electron chi connectivity index (χ1n) is 6.20. The second kappa shape index (κ2) is 4.15. The Kier molecular flexibility index (Phi) is 2.58. The number of urea groups is 1. The van der Waals surface area contributed by atoms with E-state index in [2.05, 4.69) is 10.3 Å². The number of carbonyl (C=O) groups is 3. The average Bonchev–Trinajstić information content (AvgIpc) is 2.34. The van der Waals surface area contributed by atoms with Gasteiger partial charge >= 0.3 is 6.03 Å². The van der Waals surface area contributed by atoms with E-state index in [1.54, 1.807) is 24.5 Å². The minimum atomic E-state index is -1.00. The summed E-state index contributed by atoms with van der Waals surface area (Å²) in [5.41, 5.74) is -0.245. The Balaban J connectivity index is 1.86. The first-order chi connectivity index (χ1) is 9.13. The molecule has 1 saturated heterocycles. The molecule has 98 valence electrons. The lowest BCUT2D eigenvalue weighted by Gasteiger charge is -2.44. The zero-order chi connectivity index (χ0) is 13.5. The zero-order valence-corrected chi connectivity index (χ0v) is 10.3. The Morgan fingerprint density at radius 1 is 1.32 bits per heavy atom. The highest BCUT2D eigenvalue weighted by molar-refractivity contribution is 6.19. The number of pyridine rings is 1. The van der Waals surface area contributed by atoms with Gasteiger partial charge in [0.2, 0.25) is 11.8 Å². The maximum absolute atomic E-state index is 12.4. The molecular weight excluding hydrogens is 246 g/mol. The van der Waals surface area contributed by atoms with Crippen molar-refractivity contribution in [3.8, 4) is 0 Å². The predicted octanol–water partition coefficient (Wildman–Crippen LogP) is 0.830. The Hall–Kier alpha value is -2.24. The van der Waals surface area contributed by atoms with Gasteiger partial charge in [-0.15, -0.1) is 0 Å². The minimum absolute atomic E-state index is 0.146. The molecule has 1 aliphatic carbocycles. The molecule has 2 fully saturated rings. The van der Waals surface area contributed by atoms with Crippen LogP contribution >= 0.6 is 0 Å². The third-order valence-electron chi connectivity index (χ3n) is 3.83. The summed E-state index contributed by atoms with van der Waals surface area (Å²) in [4.78, 5) is 41.1. The van der Waals surface area contributed by atoms with Gasteiger partial charge < -0.3 is 0 Å². The van der Waals surface area contributed by atoms with Crippen molar-refractivity contribution in [2.45, 2.75) is 25.8 Å². The molecular formula is C13H13N3O3. The number of barbiturate groups is 1. The molecule has 0 bridgehead atoms. The van der Waals surface area contributed by atoms with Crippen molar-refractivity contribution in [3.63, 3.8) is 0 Å². The number of carbonyl (C=O) groups excluding carboxylic acids is 3. The van der Waals surface area contributed by atoms with Crippen LogP contribution in [-0.4, -0.2) is 27.7 Å². The Labute approximate surface area is 109 Å². The summed E-state index contributed by atoms with van der Waals surface area (Å²) in [6.07, 6.45) is 5.11. The van der Waals surface area contributed by atoms with Crippen molar-refractivity contribution < 1.29 is 14.4 Å². The van der Waals surface area contributed by atoms with Crippen LogP contribution in [0.3, 0.4) is 0 Å². The van der Waals surface area contributed by atoms with Gasteiger partial charge in [-0.3, -0.25) is 24.8 Å². The van der Waals surface area contributed by atoms with E-state index >= 15 is 0 Å². The molecule has 2 heterocycles. The van der Waals surface area contributed by atoms with Gasteiger partial charge in [0.15, 0.2) is 0 Å². The van der Waals surface area contributed by atoms with Crippen LogP contribution in [0.15, 0.2) is 24.5 Å². The number of amides is 4. The van der Waals surface area contributed by atoms with E-state index in [0.717, 1.165) is 16.9 Å². The van der Waals surface area contributed by atoms with Gasteiger partial charge in [-0.25, -0.2) is 4.79 Å². The molecule has 0 aromatic carbocycles. The van der Waals surface area contributed by atoms with Crippen LogP contribution in [0.5, 0.6) is 0 Å². The molecule has 19 heavy (non-hydrogen) atoms. The highest BCUT2D eigenvalue weighted by atomic mass is 16.2. The van der Waals surface area contributed by atoms with Crippen LogP contribution in [0.4, 0.5) is 4.79 Å². The van der Waals surface area contributed by atoms with Crippen molar-refractivity contribution >= 4 is 17.8 Å². The van der Waals surface area contributed by atoms with E-state index in [1.165, 1.54) is 0 Å². The number of nitrogens with one attached hydrogen (secondary N) is 1. The average molecular weight is 259 g/mol. The highest BCUT2D eigenvalue weighted by Gasteiger charge is 2.57. The van der Waals surface area contributed by atoms with Gasteiger partial charge in [0.1, 0.15) is 5.41 Å². The van der Waals surface area contributed by atoms with E-state index in [-0.39, 0.29) is 12.5 Å². The molecule has 1 aromatic rings. The largest absolute Gasteiger partial charge is 0.331 e. The molecule has 4 amide bonds. The molecule has 1 aromatic heterocycles. The number of aromatic nitrogens is 1. The number of imide groups is 2. The Morgan fingerprint density at radius 3 is 2.68 bits per heavy atom. The van der Waals surface area contributed by atoms with Crippen LogP contribution in [0.1, 0.15) is 24.8 Å². The Bertz CT molecular complexity index is 552. The second-order valence-electron chi connectivity index (χ2n) is 4.95. The standard InChI is InChI=1S/C13H13N3O3/c17-10-13(4-2-5-13)11(18)16(12(19)15-10)8-9-3-1-6-14-7-9/h1,3,6-7H,2,4-5,8H2,(H,15,17,19). The molecule has 3 rings (SSSR count). The molecule has 1 spiro atoms. The molecule has 1 aliphatic heterocycles. The topological polar surface area (TPSA) is 79.4 Å². The third-order valence-corrected chi connectivity index (χ3v) is 3.83. The fraction of sp³-hybridized carbons (Fsp3) is 0.385. The van der Waals surface area contributed by atoms with Crippen LogP contribution in [0.2, 0.25) is 0 Å². The maximum atomic E-state index is 12.4. The summed E-state index contributed by atoms with van der Waals surface area (Å²) in [5.74, 6) is -0.826. The fourth-order valence-corrected chi connectivity index (χ4v) is 2.52. The first kappa shape index (κ1) is 11.8. The summed E-state index contributed by atoms with van der Waals surface area (Å²) >= 11 is 0. The quantitative estimate of drug-likeness (QED) is 0.798. The van der Waals surface area contributed by atoms with Crippen molar-refractivity contribution in [2.24, 2.45) is 5.41 Å². The predicted molar refractivity (Wildman–Crippen MR) is 64.6 cm³/mol. The number of hydrogen-bond acceptors (Lipinski definition) is 4. The van der Waals surface area contributed by atoms with Gasteiger partial charge in [-0.2, -0.15) is 0 Å². The van der Waals surface area contributed by atoms with Gasteiger partial charge in [-0.05, 0) is 24.5 Å². The first-order valence-corrected chi connectivity index (χ1v) is 6.20. The van der Waals surface area contributed by atoms with Gasteiger partial charge in [0, 0.05) is 12.4 Å². The fourth-order valence-electron chi connectivity index (χ4n) is 2.52. The maximum Gasteiger partial charge on any atom is 0.331 e. The lowest BCUT2D eigenvalue weighted by Crippen LogP contribution is -2.65. The molecule has 6 heteroatoms. The molecule has 0 atom stereocenters. The lowest BCUT2D eigenvalue weighted by atomic mass is 9.66. The van der Waals surface area contributed by atoms with Gasteiger partial charge in [0.25, 0.3) is 0 Å². The van der Waals surface area contributed by atoms with E-state index in [4.69, 9.17) is 0 Å². The number of nitrogens with zero attached hydrogens (tertiary/aromatic N) is 2. The van der Waals surface area contributed by atoms with Crippen LogP contribution in [0.25, 0.3) is 0 Å². The Morgan fingerprint density at radius 2 is 2.11 bits per heavy atom. The summed E-state index contributed by atoms with van der Waals surface area (Å²) in [7, 11) is 0. The number of rotatable bonds is 2. The van der Waals surface area contributed by atoms with Crippen molar-refractivity contribution in [1.29, 1.82) is 0 Å². The normalized spacial score (nSPS) is 21.3. The van der Waals surface area contributed by atoms with E-state index in [9.17, 15) is 14.4 Å². The SMILES string of the molecule is O=C1NC(=O)C2(CCC2)C(=O)N1Cc1cccnc1. The smallest absolute Gasteiger partial charge is 0.277 e. The van der Waals surface area contributed by atoms with E-state index in [0.29, 0.717) is 12.8 Å². The summed E-state index contributed by atoms with van der Waals surface area (Å²) in [6.45, 7) is 0.146. The third kappa shape index (κ3) is 1.71. The van der Waals surface area contributed by atoms with Crippen LogP contribution in [0, 0.1) is 5.41 Å². The highest BCUT2D eigenvalue weighted by Crippen LogP contribution is 2.44. The zero-order valence-electron chi connectivity index (χ0n) is 10.3. The van der Waals surface area contributed by atoms with Crippen molar-refractivity contribution in [3.05, 3.63) is 30.1 Å². The van der Waals surface area contributed by atoms with E-state index < -0.39 is 17.4 Å². The molecule has 0 unspecified atom stereocenters. The molecule has 1 saturated carbocycles. The molecule has 6 nitrogen and oxygen atoms in total. The summed E-state index contributed by atoms with van der Waals surface area (Å²) in [6, 6.07) is 2.89. The van der Waals surface area contributed by atoms with Crippen molar-refractivity contribution in [1.82, 2.24) is 15.2 Å². The van der Waals surface area contributed by atoms with Crippen LogP contribution in [-0.2, 0) is 16.1 Å². The van der Waals surface area contributed by atoms with Crippen LogP contribution < -0.4 is 5.32 Å². The summed E-state index contributed by atoms with van der Waals surface area (Å²) in [5, 5.41) is 2.28.